The van der Waals surface area contributed by atoms with Crippen molar-refractivity contribution in [2.24, 2.45) is 7.05 Å². The highest BCUT2D eigenvalue weighted by molar-refractivity contribution is 6.31. The van der Waals surface area contributed by atoms with Gasteiger partial charge in [-0.15, -0.1) is 0 Å². The molecule has 0 amide bonds. The molecule has 3 aromatic rings. The predicted molar refractivity (Wildman–Crippen MR) is 93.8 cm³/mol. The van der Waals surface area contributed by atoms with Crippen LogP contribution in [0.5, 0.6) is 0 Å². The molecule has 1 aliphatic rings. The molecule has 0 radical (unpaired) electrons. The van der Waals surface area contributed by atoms with Gasteiger partial charge in [0.15, 0.2) is 0 Å². The number of hydrogen-bond donors (Lipinski definition) is 1. The Morgan fingerprint density at radius 1 is 1.22 bits per heavy atom. The molecule has 1 unspecified atom stereocenters. The maximum Gasteiger partial charge on any atom is 0.0654 e. The number of aromatic amines is 1. The normalized spacial score (nSPS) is 17.7. The second-order valence-corrected chi connectivity index (χ2v) is 6.82. The zero-order chi connectivity index (χ0) is 15.8. The third-order valence-corrected chi connectivity index (χ3v) is 5.00. The van der Waals surface area contributed by atoms with Gasteiger partial charge in [0.2, 0.25) is 0 Å². The fourth-order valence-electron chi connectivity index (χ4n) is 3.69. The van der Waals surface area contributed by atoms with Crippen LogP contribution < -0.4 is 0 Å². The number of rotatable bonds is 3. The highest BCUT2D eigenvalue weighted by atomic mass is 35.5. The third-order valence-electron chi connectivity index (χ3n) is 4.77. The smallest absolute Gasteiger partial charge is 0.0654 e. The molecule has 5 heteroatoms. The molecule has 4 rings (SSSR count). The van der Waals surface area contributed by atoms with Crippen molar-refractivity contribution in [3.63, 3.8) is 0 Å². The van der Waals surface area contributed by atoms with Crippen LogP contribution in [0.25, 0.3) is 10.9 Å². The Labute approximate surface area is 141 Å². The molecule has 120 valence electrons. The number of nitrogens with one attached hydrogen (secondary N) is 1. The highest BCUT2D eigenvalue weighted by Crippen LogP contribution is 2.35. The summed E-state index contributed by atoms with van der Waals surface area (Å²) in [6, 6.07) is 6.34. The van der Waals surface area contributed by atoms with Crippen molar-refractivity contribution in [3.05, 3.63) is 52.9 Å². The lowest BCUT2D eigenvalue weighted by molar-refractivity contribution is 0.188. The van der Waals surface area contributed by atoms with Gasteiger partial charge >= 0.3 is 0 Å². The van der Waals surface area contributed by atoms with Crippen molar-refractivity contribution in [2.45, 2.75) is 25.3 Å². The van der Waals surface area contributed by atoms with Crippen LogP contribution in [0.2, 0.25) is 5.02 Å². The van der Waals surface area contributed by atoms with Gasteiger partial charge in [-0.05, 0) is 43.6 Å². The summed E-state index contributed by atoms with van der Waals surface area (Å²) >= 11 is 6.13. The number of benzene rings is 1. The number of halogens is 1. The minimum absolute atomic E-state index is 0.249. The van der Waals surface area contributed by atoms with E-state index in [4.69, 9.17) is 11.6 Å². The number of aryl methyl sites for hydroxylation is 1. The van der Waals surface area contributed by atoms with Crippen molar-refractivity contribution in [2.75, 3.05) is 13.1 Å². The first-order chi connectivity index (χ1) is 11.2. The van der Waals surface area contributed by atoms with Crippen molar-refractivity contribution < 1.29 is 0 Å². The molecule has 0 bridgehead atoms. The summed E-state index contributed by atoms with van der Waals surface area (Å²) in [5.74, 6) is 0. The molecule has 4 nitrogen and oxygen atoms in total. The van der Waals surface area contributed by atoms with Crippen LogP contribution in [-0.2, 0) is 7.05 Å². The SMILES string of the molecule is Cn1cc(C(c2c[nH]c3cc(Cl)ccc23)N2CCCCC2)cn1. The number of H-pyrrole nitrogens is 1. The first kappa shape index (κ1) is 14.8. The van der Waals surface area contributed by atoms with Gasteiger partial charge in [-0.1, -0.05) is 24.1 Å². The molecule has 1 aliphatic heterocycles. The van der Waals surface area contributed by atoms with E-state index in [0.29, 0.717) is 0 Å². The van der Waals surface area contributed by atoms with Gasteiger partial charge < -0.3 is 4.98 Å². The molecule has 2 aromatic heterocycles. The van der Waals surface area contributed by atoms with E-state index in [1.54, 1.807) is 0 Å². The minimum atomic E-state index is 0.249. The van der Waals surface area contributed by atoms with Gasteiger partial charge in [0.05, 0.1) is 12.2 Å². The summed E-state index contributed by atoms with van der Waals surface area (Å²) in [6.07, 6.45) is 10.1. The molecule has 0 saturated carbocycles. The average Bonchev–Trinajstić information content (AvgIpc) is 3.16. The lowest BCUT2D eigenvalue weighted by Gasteiger charge is -2.34. The standard InChI is InChI=1S/C18H21ClN4/c1-22-12-13(10-21-22)18(23-7-3-2-4-8-23)16-11-20-17-9-14(19)5-6-15(16)17/h5-6,9-12,18,20H,2-4,7-8H2,1H3. The molecule has 3 heterocycles. The fourth-order valence-corrected chi connectivity index (χ4v) is 3.86. The third kappa shape index (κ3) is 2.77. The summed E-state index contributed by atoms with van der Waals surface area (Å²) < 4.78 is 1.89. The van der Waals surface area contributed by atoms with Crippen LogP contribution in [0.1, 0.15) is 36.4 Å². The van der Waals surface area contributed by atoms with E-state index >= 15 is 0 Å². The van der Waals surface area contributed by atoms with Crippen molar-refractivity contribution >= 4 is 22.5 Å². The molecule has 1 N–H and O–H groups in total. The van der Waals surface area contributed by atoms with Crippen molar-refractivity contribution in [1.29, 1.82) is 0 Å². The lowest BCUT2D eigenvalue weighted by Crippen LogP contribution is -2.34. The monoisotopic (exact) mass is 328 g/mol. The minimum Gasteiger partial charge on any atom is -0.361 e. The number of aromatic nitrogens is 3. The number of hydrogen-bond acceptors (Lipinski definition) is 2. The first-order valence-corrected chi connectivity index (χ1v) is 8.59. The fraction of sp³-hybridized carbons (Fsp3) is 0.389. The summed E-state index contributed by atoms with van der Waals surface area (Å²) in [6.45, 7) is 2.28. The van der Waals surface area contributed by atoms with Crippen molar-refractivity contribution in [1.82, 2.24) is 19.7 Å². The van der Waals surface area contributed by atoms with Crippen LogP contribution in [0.4, 0.5) is 0 Å². The van der Waals surface area contributed by atoms with Gasteiger partial charge in [0.1, 0.15) is 0 Å². The van der Waals surface area contributed by atoms with Crippen molar-refractivity contribution in [3.8, 4) is 0 Å². The number of fused-ring (bicyclic) bond motifs is 1. The molecule has 1 aromatic carbocycles. The molecule has 0 aliphatic carbocycles. The van der Waals surface area contributed by atoms with Crippen LogP contribution >= 0.6 is 11.6 Å². The second-order valence-electron chi connectivity index (χ2n) is 6.38. The quantitative estimate of drug-likeness (QED) is 0.785. The van der Waals surface area contributed by atoms with Crippen LogP contribution in [0, 0.1) is 0 Å². The molecule has 1 saturated heterocycles. The largest absolute Gasteiger partial charge is 0.361 e. The summed E-state index contributed by atoms with van der Waals surface area (Å²) in [4.78, 5) is 5.97. The first-order valence-electron chi connectivity index (χ1n) is 8.21. The number of likely N-dealkylation sites (tertiary alicyclic amines) is 1. The van der Waals surface area contributed by atoms with Crippen LogP contribution in [0.3, 0.4) is 0 Å². The average molecular weight is 329 g/mol. The Hall–Kier alpha value is -1.78. The number of piperidine rings is 1. The van der Waals surface area contributed by atoms with E-state index < -0.39 is 0 Å². The van der Waals surface area contributed by atoms with Gasteiger partial charge in [-0.25, -0.2) is 0 Å². The Morgan fingerprint density at radius 3 is 2.78 bits per heavy atom. The summed E-state index contributed by atoms with van der Waals surface area (Å²) in [5.41, 5.74) is 3.66. The van der Waals surface area contributed by atoms with E-state index in [1.165, 1.54) is 35.8 Å². The molecule has 1 atom stereocenters. The van der Waals surface area contributed by atoms with E-state index in [9.17, 15) is 0 Å². The molecule has 0 spiro atoms. The Bertz CT molecular complexity index is 813. The number of nitrogens with zero attached hydrogens (tertiary/aromatic N) is 3. The zero-order valence-corrected chi connectivity index (χ0v) is 14.1. The molecular formula is C18H21ClN4. The Balaban J connectivity index is 1.82. The van der Waals surface area contributed by atoms with E-state index in [1.807, 2.05) is 30.1 Å². The topological polar surface area (TPSA) is 36.9 Å². The van der Waals surface area contributed by atoms with E-state index in [0.717, 1.165) is 23.6 Å². The second kappa shape index (κ2) is 6.02. The Morgan fingerprint density at radius 2 is 2.04 bits per heavy atom. The summed E-state index contributed by atoms with van der Waals surface area (Å²) in [7, 11) is 1.98. The van der Waals surface area contributed by atoms with Crippen LogP contribution in [-0.4, -0.2) is 32.8 Å². The van der Waals surface area contributed by atoms with Gasteiger partial charge in [0.25, 0.3) is 0 Å². The van der Waals surface area contributed by atoms with Gasteiger partial charge in [-0.2, -0.15) is 5.10 Å². The molecule has 1 fully saturated rings. The van der Waals surface area contributed by atoms with Gasteiger partial charge in [-0.3, -0.25) is 9.58 Å². The highest BCUT2D eigenvalue weighted by Gasteiger charge is 2.27. The molecular weight excluding hydrogens is 308 g/mol. The lowest BCUT2D eigenvalue weighted by atomic mass is 9.97. The molecule has 23 heavy (non-hydrogen) atoms. The van der Waals surface area contributed by atoms with Crippen LogP contribution in [0.15, 0.2) is 36.8 Å². The Kier molecular flexibility index (Phi) is 3.87. The predicted octanol–water partition coefficient (Wildman–Crippen LogP) is 4.13. The van der Waals surface area contributed by atoms with E-state index in [-0.39, 0.29) is 6.04 Å². The van der Waals surface area contributed by atoms with Gasteiger partial charge in [0, 0.05) is 40.9 Å². The maximum atomic E-state index is 6.13. The maximum absolute atomic E-state index is 6.13. The summed E-state index contributed by atoms with van der Waals surface area (Å²) in [5, 5.41) is 6.40. The zero-order valence-electron chi connectivity index (χ0n) is 13.3. The van der Waals surface area contributed by atoms with E-state index in [2.05, 4.69) is 33.4 Å².